The van der Waals surface area contributed by atoms with Crippen LogP contribution < -0.4 is 16.0 Å². The molecule has 2 amide bonds. The molecule has 3 N–H and O–H groups in total. The van der Waals surface area contributed by atoms with Crippen LogP contribution in [0, 0.1) is 5.92 Å². The van der Waals surface area contributed by atoms with Crippen molar-refractivity contribution in [2.45, 2.75) is 25.8 Å². The predicted molar refractivity (Wildman–Crippen MR) is 52.6 cm³/mol. The molecule has 1 aliphatic heterocycles. The number of rotatable bonds is 4. The molecule has 0 aromatic carbocycles. The molecule has 0 radical (unpaired) electrons. The van der Waals surface area contributed by atoms with Crippen molar-refractivity contribution in [1.29, 1.82) is 0 Å². The number of carbonyl (C=O) groups excluding carboxylic acids is 1. The highest BCUT2D eigenvalue weighted by Crippen LogP contribution is 2.12. The van der Waals surface area contributed by atoms with Gasteiger partial charge in [-0.25, -0.2) is 4.79 Å². The van der Waals surface area contributed by atoms with Gasteiger partial charge in [0.25, 0.3) is 0 Å². The lowest BCUT2D eigenvalue weighted by atomic mass is 9.95. The van der Waals surface area contributed by atoms with E-state index in [9.17, 15) is 4.79 Å². The van der Waals surface area contributed by atoms with Crippen LogP contribution in [0.4, 0.5) is 4.79 Å². The highest BCUT2D eigenvalue weighted by atomic mass is 16.2. The minimum atomic E-state index is -0.0840. The molecule has 1 atom stereocenters. The van der Waals surface area contributed by atoms with Gasteiger partial charge in [0.05, 0.1) is 0 Å². The van der Waals surface area contributed by atoms with E-state index in [1.807, 2.05) is 6.92 Å². The van der Waals surface area contributed by atoms with Gasteiger partial charge in [-0.1, -0.05) is 0 Å². The van der Waals surface area contributed by atoms with Crippen LogP contribution >= 0.6 is 0 Å². The van der Waals surface area contributed by atoms with Gasteiger partial charge in [0.15, 0.2) is 0 Å². The van der Waals surface area contributed by atoms with Crippen molar-refractivity contribution in [3.05, 3.63) is 0 Å². The zero-order valence-corrected chi connectivity index (χ0v) is 8.39. The molecule has 1 unspecified atom stereocenters. The normalized spacial score (nSPS) is 18.9. The summed E-state index contributed by atoms with van der Waals surface area (Å²) in [5, 5.41) is 8.65. The fourth-order valence-electron chi connectivity index (χ4n) is 1.41. The van der Waals surface area contributed by atoms with E-state index in [2.05, 4.69) is 16.0 Å². The summed E-state index contributed by atoms with van der Waals surface area (Å²) in [6, 6.07) is 0.194. The molecule has 76 valence electrons. The van der Waals surface area contributed by atoms with Gasteiger partial charge in [-0.05, 0) is 38.8 Å². The molecule has 1 fully saturated rings. The number of urea groups is 1. The van der Waals surface area contributed by atoms with Gasteiger partial charge in [-0.3, -0.25) is 0 Å². The smallest absolute Gasteiger partial charge is 0.314 e. The van der Waals surface area contributed by atoms with Crippen LogP contribution in [-0.4, -0.2) is 32.2 Å². The van der Waals surface area contributed by atoms with E-state index in [0.717, 1.165) is 25.4 Å². The first kappa shape index (κ1) is 10.3. The first-order chi connectivity index (χ1) is 6.22. The molecule has 1 aliphatic rings. The molecule has 0 aromatic rings. The maximum Gasteiger partial charge on any atom is 0.314 e. The molecule has 0 saturated carbocycles. The largest absolute Gasteiger partial charge is 0.341 e. The Morgan fingerprint density at radius 1 is 1.62 bits per heavy atom. The quantitative estimate of drug-likeness (QED) is 0.590. The van der Waals surface area contributed by atoms with Crippen LogP contribution in [0.2, 0.25) is 0 Å². The van der Waals surface area contributed by atoms with Crippen molar-refractivity contribution in [1.82, 2.24) is 16.0 Å². The topological polar surface area (TPSA) is 53.2 Å². The molecule has 1 rings (SSSR count). The average molecular weight is 185 g/mol. The third-order valence-electron chi connectivity index (χ3n) is 2.48. The molecule has 4 heteroatoms. The van der Waals surface area contributed by atoms with E-state index in [1.165, 1.54) is 6.42 Å². The van der Waals surface area contributed by atoms with Crippen LogP contribution in [0.5, 0.6) is 0 Å². The van der Waals surface area contributed by atoms with Crippen molar-refractivity contribution in [2.24, 2.45) is 5.92 Å². The van der Waals surface area contributed by atoms with Crippen molar-refractivity contribution in [3.8, 4) is 0 Å². The Hall–Kier alpha value is -0.770. The van der Waals surface area contributed by atoms with E-state index >= 15 is 0 Å². The molecule has 4 nitrogen and oxygen atoms in total. The second-order valence-corrected chi connectivity index (χ2v) is 3.73. The van der Waals surface area contributed by atoms with E-state index < -0.39 is 0 Å². The summed E-state index contributed by atoms with van der Waals surface area (Å²) in [6.07, 6.45) is 2.28. The zero-order valence-electron chi connectivity index (χ0n) is 8.39. The van der Waals surface area contributed by atoms with Gasteiger partial charge >= 0.3 is 6.03 Å². The second kappa shape index (κ2) is 5.07. The third kappa shape index (κ3) is 3.63. The van der Waals surface area contributed by atoms with Gasteiger partial charge in [0.2, 0.25) is 0 Å². The highest BCUT2D eigenvalue weighted by Gasteiger charge is 2.17. The van der Waals surface area contributed by atoms with Gasteiger partial charge in [0, 0.05) is 13.1 Å². The Kier molecular flexibility index (Phi) is 4.02. The van der Waals surface area contributed by atoms with E-state index in [0.29, 0.717) is 0 Å². The molecule has 1 saturated heterocycles. The Morgan fingerprint density at radius 3 is 2.77 bits per heavy atom. The Balaban J connectivity index is 2.02. The minimum absolute atomic E-state index is 0.0840. The second-order valence-electron chi connectivity index (χ2n) is 3.73. The van der Waals surface area contributed by atoms with Gasteiger partial charge in [-0.15, -0.1) is 0 Å². The Morgan fingerprint density at radius 2 is 2.31 bits per heavy atom. The van der Waals surface area contributed by atoms with E-state index in [-0.39, 0.29) is 12.1 Å². The summed E-state index contributed by atoms with van der Waals surface area (Å²) < 4.78 is 0. The summed E-state index contributed by atoms with van der Waals surface area (Å²) in [6.45, 7) is 4.33. The Labute approximate surface area is 79.5 Å². The monoisotopic (exact) mass is 185 g/mol. The first-order valence-electron chi connectivity index (χ1n) is 4.91. The van der Waals surface area contributed by atoms with E-state index in [1.54, 1.807) is 7.05 Å². The fourth-order valence-corrected chi connectivity index (χ4v) is 1.41. The predicted octanol–water partition coefficient (Wildman–Crippen LogP) is 0.304. The highest BCUT2D eigenvalue weighted by molar-refractivity contribution is 5.73. The third-order valence-corrected chi connectivity index (χ3v) is 2.48. The van der Waals surface area contributed by atoms with Gasteiger partial charge < -0.3 is 16.0 Å². The number of hydrogen-bond acceptors (Lipinski definition) is 2. The molecule has 0 bridgehead atoms. The van der Waals surface area contributed by atoms with Crippen LogP contribution in [0.25, 0.3) is 0 Å². The molecular formula is C9H19N3O. The summed E-state index contributed by atoms with van der Waals surface area (Å²) in [4.78, 5) is 10.9. The standard InChI is InChI=1S/C9H19N3O/c1-7(12-9(13)10-2)3-4-8-5-11-6-8/h7-8,11H,3-6H2,1-2H3,(H2,10,12,13). The Bertz CT molecular complexity index is 168. The SMILES string of the molecule is CNC(=O)NC(C)CCC1CNC1. The summed E-state index contributed by atoms with van der Waals surface area (Å²) in [5.41, 5.74) is 0. The molecule has 0 aromatic heterocycles. The number of carbonyl (C=O) groups is 1. The molecule has 0 aliphatic carbocycles. The van der Waals surface area contributed by atoms with Crippen LogP contribution in [0.3, 0.4) is 0 Å². The number of hydrogen-bond donors (Lipinski definition) is 3. The van der Waals surface area contributed by atoms with Crippen molar-refractivity contribution < 1.29 is 4.79 Å². The summed E-state index contributed by atoms with van der Waals surface area (Å²) in [5.74, 6) is 0.828. The van der Waals surface area contributed by atoms with Crippen LogP contribution in [0.1, 0.15) is 19.8 Å². The molecule has 13 heavy (non-hydrogen) atoms. The lowest BCUT2D eigenvalue weighted by Gasteiger charge is -2.28. The molecule has 1 heterocycles. The van der Waals surface area contributed by atoms with Crippen LogP contribution in [-0.2, 0) is 0 Å². The number of amides is 2. The maximum atomic E-state index is 10.9. The van der Waals surface area contributed by atoms with Crippen molar-refractivity contribution in [2.75, 3.05) is 20.1 Å². The van der Waals surface area contributed by atoms with Crippen molar-refractivity contribution in [3.63, 3.8) is 0 Å². The lowest BCUT2D eigenvalue weighted by molar-refractivity contribution is 0.237. The van der Waals surface area contributed by atoms with Gasteiger partial charge in [-0.2, -0.15) is 0 Å². The summed E-state index contributed by atoms with van der Waals surface area (Å²) in [7, 11) is 1.64. The lowest BCUT2D eigenvalue weighted by Crippen LogP contribution is -2.43. The number of nitrogens with one attached hydrogen (secondary N) is 3. The fraction of sp³-hybridized carbons (Fsp3) is 0.889. The first-order valence-corrected chi connectivity index (χ1v) is 4.91. The minimum Gasteiger partial charge on any atom is -0.341 e. The van der Waals surface area contributed by atoms with Gasteiger partial charge in [0.1, 0.15) is 0 Å². The van der Waals surface area contributed by atoms with Crippen molar-refractivity contribution >= 4 is 6.03 Å². The maximum absolute atomic E-state index is 10.9. The molecular weight excluding hydrogens is 166 g/mol. The average Bonchev–Trinajstić information content (AvgIpc) is 2.01. The summed E-state index contributed by atoms with van der Waals surface area (Å²) >= 11 is 0. The zero-order chi connectivity index (χ0) is 9.68. The molecule has 0 spiro atoms. The van der Waals surface area contributed by atoms with Crippen LogP contribution in [0.15, 0.2) is 0 Å². The van der Waals surface area contributed by atoms with E-state index in [4.69, 9.17) is 0 Å².